The summed E-state index contributed by atoms with van der Waals surface area (Å²) in [7, 11) is 1.78. The van der Waals surface area contributed by atoms with Crippen LogP contribution in [0.3, 0.4) is 0 Å². The minimum atomic E-state index is 0.172. The number of piperidine rings is 1. The van der Waals surface area contributed by atoms with Crippen molar-refractivity contribution in [3.63, 3.8) is 0 Å². The molecule has 4 heteroatoms. The molecule has 2 atom stereocenters. The Kier molecular flexibility index (Phi) is 5.68. The van der Waals surface area contributed by atoms with Gasteiger partial charge >= 0.3 is 0 Å². The van der Waals surface area contributed by atoms with Gasteiger partial charge in [0.15, 0.2) is 0 Å². The van der Waals surface area contributed by atoms with E-state index in [0.29, 0.717) is 12.3 Å². The maximum Gasteiger partial charge on any atom is 0.222 e. The van der Waals surface area contributed by atoms with E-state index in [1.54, 1.807) is 7.11 Å². The van der Waals surface area contributed by atoms with Gasteiger partial charge in [-0.05, 0) is 91.6 Å². The summed E-state index contributed by atoms with van der Waals surface area (Å²) in [4.78, 5) is 18.3. The van der Waals surface area contributed by atoms with Crippen LogP contribution in [0.25, 0.3) is 0 Å². The largest absolute Gasteiger partial charge is 0.497 e. The van der Waals surface area contributed by atoms with Crippen LogP contribution in [0.2, 0.25) is 0 Å². The molecule has 2 aliphatic heterocycles. The van der Waals surface area contributed by atoms with Gasteiger partial charge < -0.3 is 14.5 Å². The quantitative estimate of drug-likeness (QED) is 0.621. The molecule has 1 amide bonds. The second-order valence-electron chi connectivity index (χ2n) is 11.4. The number of hydrogen-bond donors (Lipinski definition) is 0. The SMILES string of the molecule is COc1ccc2c(c1)[C@]13CCN(CC4CC4)C[C@]1(CCN(C(=O)CCc1ccccc1)CC3)C2. The van der Waals surface area contributed by atoms with E-state index in [0.717, 1.165) is 50.4 Å². The molecule has 180 valence electrons. The average Bonchev–Trinajstić information content (AvgIpc) is 3.66. The second-order valence-corrected chi connectivity index (χ2v) is 11.4. The molecule has 3 fully saturated rings. The lowest BCUT2D eigenvalue weighted by Crippen LogP contribution is -2.56. The lowest BCUT2D eigenvalue weighted by Gasteiger charge is -2.53. The van der Waals surface area contributed by atoms with Crippen LogP contribution in [0.5, 0.6) is 5.75 Å². The van der Waals surface area contributed by atoms with E-state index in [9.17, 15) is 4.79 Å². The minimum Gasteiger partial charge on any atom is -0.497 e. The molecular formula is C30H38N2O2. The molecule has 2 heterocycles. The fourth-order valence-corrected chi connectivity index (χ4v) is 7.41. The van der Waals surface area contributed by atoms with Gasteiger partial charge in [-0.3, -0.25) is 4.79 Å². The van der Waals surface area contributed by atoms with E-state index in [1.165, 1.54) is 55.6 Å². The standard InChI is InChI=1S/C30H38N2O2/c1-34-26-11-10-25-20-29-13-17-32(28(33)12-9-23-5-3-2-4-6-23)18-15-30(29,27(25)19-26)14-16-31(22-29)21-24-7-8-24/h2-6,10-11,19,24H,7-9,12-18,20-22H2,1H3/t29-,30+/m0/s1. The molecule has 0 aromatic heterocycles. The van der Waals surface area contributed by atoms with Crippen molar-refractivity contribution in [1.82, 2.24) is 9.80 Å². The van der Waals surface area contributed by atoms with Crippen LogP contribution in [-0.2, 0) is 23.1 Å². The highest BCUT2D eigenvalue weighted by Crippen LogP contribution is 2.61. The summed E-state index contributed by atoms with van der Waals surface area (Å²) < 4.78 is 5.66. The molecule has 4 aliphatic rings. The van der Waals surface area contributed by atoms with Crippen molar-refractivity contribution in [2.24, 2.45) is 11.3 Å². The summed E-state index contributed by atoms with van der Waals surface area (Å²) in [5.74, 6) is 2.23. The predicted octanol–water partition coefficient (Wildman–Crippen LogP) is 4.85. The van der Waals surface area contributed by atoms with E-state index in [2.05, 4.69) is 52.3 Å². The normalized spacial score (nSPS) is 28.6. The number of hydrogen-bond acceptors (Lipinski definition) is 3. The zero-order valence-corrected chi connectivity index (χ0v) is 20.6. The lowest BCUT2D eigenvalue weighted by molar-refractivity contribution is -0.131. The number of rotatable bonds is 6. The van der Waals surface area contributed by atoms with Crippen molar-refractivity contribution in [3.05, 3.63) is 65.2 Å². The third kappa shape index (κ3) is 3.84. The minimum absolute atomic E-state index is 0.172. The highest BCUT2D eigenvalue weighted by atomic mass is 16.5. The van der Waals surface area contributed by atoms with Crippen molar-refractivity contribution in [1.29, 1.82) is 0 Å². The third-order valence-electron chi connectivity index (χ3n) is 9.46. The maximum absolute atomic E-state index is 13.3. The Morgan fingerprint density at radius 3 is 2.62 bits per heavy atom. The third-order valence-corrected chi connectivity index (χ3v) is 9.46. The molecule has 2 saturated heterocycles. The molecule has 0 spiro atoms. The number of amides is 1. The molecule has 2 aliphatic carbocycles. The Morgan fingerprint density at radius 1 is 1.03 bits per heavy atom. The summed E-state index contributed by atoms with van der Waals surface area (Å²) in [5, 5.41) is 0. The summed E-state index contributed by atoms with van der Waals surface area (Å²) in [6, 6.07) is 17.2. The highest BCUT2D eigenvalue weighted by molar-refractivity contribution is 5.76. The summed E-state index contributed by atoms with van der Waals surface area (Å²) in [5.41, 5.74) is 4.72. The molecule has 0 radical (unpaired) electrons. The first-order chi connectivity index (χ1) is 16.6. The van der Waals surface area contributed by atoms with Gasteiger partial charge in [-0.2, -0.15) is 0 Å². The van der Waals surface area contributed by atoms with Gasteiger partial charge in [0.2, 0.25) is 5.91 Å². The van der Waals surface area contributed by atoms with E-state index in [1.807, 2.05) is 6.07 Å². The van der Waals surface area contributed by atoms with Crippen molar-refractivity contribution in [2.45, 2.75) is 56.8 Å². The van der Waals surface area contributed by atoms with Crippen LogP contribution in [0.1, 0.15) is 55.2 Å². The number of benzene rings is 2. The Bertz CT molecular complexity index is 1050. The van der Waals surface area contributed by atoms with E-state index in [4.69, 9.17) is 4.74 Å². The van der Waals surface area contributed by atoms with E-state index >= 15 is 0 Å². The topological polar surface area (TPSA) is 32.8 Å². The van der Waals surface area contributed by atoms with E-state index in [-0.39, 0.29) is 10.8 Å². The van der Waals surface area contributed by atoms with Gasteiger partial charge in [-0.25, -0.2) is 0 Å². The molecule has 1 saturated carbocycles. The Morgan fingerprint density at radius 2 is 1.82 bits per heavy atom. The Labute approximate surface area is 204 Å². The number of carbonyl (C=O) groups excluding carboxylic acids is 1. The van der Waals surface area contributed by atoms with Crippen LogP contribution in [0, 0.1) is 11.3 Å². The second kappa shape index (κ2) is 8.71. The Balaban J connectivity index is 1.25. The van der Waals surface area contributed by atoms with Crippen LogP contribution >= 0.6 is 0 Å². The number of aryl methyl sites for hydroxylation is 1. The van der Waals surface area contributed by atoms with Gasteiger partial charge in [0, 0.05) is 38.0 Å². The molecular weight excluding hydrogens is 420 g/mol. The first-order valence-corrected chi connectivity index (χ1v) is 13.3. The summed E-state index contributed by atoms with van der Waals surface area (Å²) in [6.45, 7) is 5.44. The molecule has 0 unspecified atom stereocenters. The fourth-order valence-electron chi connectivity index (χ4n) is 7.41. The average molecular weight is 459 g/mol. The van der Waals surface area contributed by atoms with Crippen molar-refractivity contribution in [2.75, 3.05) is 39.8 Å². The van der Waals surface area contributed by atoms with Crippen LogP contribution in [0.4, 0.5) is 0 Å². The molecule has 0 N–H and O–H groups in total. The first kappa shape index (κ1) is 22.2. The van der Waals surface area contributed by atoms with E-state index < -0.39 is 0 Å². The molecule has 2 aromatic rings. The van der Waals surface area contributed by atoms with Crippen LogP contribution in [0.15, 0.2) is 48.5 Å². The zero-order valence-electron chi connectivity index (χ0n) is 20.6. The summed E-state index contributed by atoms with van der Waals surface area (Å²) >= 11 is 0. The van der Waals surface area contributed by atoms with Gasteiger partial charge in [0.25, 0.3) is 0 Å². The zero-order chi connectivity index (χ0) is 23.2. The van der Waals surface area contributed by atoms with Gasteiger partial charge in [0.05, 0.1) is 7.11 Å². The molecule has 34 heavy (non-hydrogen) atoms. The van der Waals surface area contributed by atoms with Gasteiger partial charge in [0.1, 0.15) is 5.75 Å². The predicted molar refractivity (Wildman–Crippen MR) is 135 cm³/mol. The molecule has 6 rings (SSSR count). The van der Waals surface area contributed by atoms with Gasteiger partial charge in [-0.15, -0.1) is 0 Å². The highest BCUT2D eigenvalue weighted by Gasteiger charge is 2.60. The first-order valence-electron chi connectivity index (χ1n) is 13.3. The van der Waals surface area contributed by atoms with Crippen molar-refractivity contribution < 1.29 is 9.53 Å². The number of ether oxygens (including phenoxy) is 1. The van der Waals surface area contributed by atoms with Crippen molar-refractivity contribution >= 4 is 5.91 Å². The molecule has 4 nitrogen and oxygen atoms in total. The number of fused-ring (bicyclic) bond motifs is 1. The number of carbonyl (C=O) groups is 1. The molecule has 2 aromatic carbocycles. The summed E-state index contributed by atoms with van der Waals surface area (Å²) in [6.07, 6.45) is 8.84. The lowest BCUT2D eigenvalue weighted by atomic mass is 9.57. The smallest absolute Gasteiger partial charge is 0.222 e. The van der Waals surface area contributed by atoms with Gasteiger partial charge in [-0.1, -0.05) is 36.4 Å². The maximum atomic E-state index is 13.3. The van der Waals surface area contributed by atoms with Crippen LogP contribution < -0.4 is 4.74 Å². The molecule has 0 bridgehead atoms. The number of nitrogens with zero attached hydrogens (tertiary/aromatic N) is 2. The van der Waals surface area contributed by atoms with Crippen LogP contribution in [-0.4, -0.2) is 55.5 Å². The number of methoxy groups -OCH3 is 1. The number of likely N-dealkylation sites (tertiary alicyclic amines) is 2. The fraction of sp³-hybridized carbons (Fsp3) is 0.567. The Hall–Kier alpha value is -2.33. The monoisotopic (exact) mass is 458 g/mol. The van der Waals surface area contributed by atoms with Crippen molar-refractivity contribution in [3.8, 4) is 5.75 Å².